The first-order valence-electron chi connectivity index (χ1n) is 6.39. The van der Waals surface area contributed by atoms with Crippen LogP contribution < -0.4 is 4.90 Å². The summed E-state index contributed by atoms with van der Waals surface area (Å²) in [7, 11) is 1.89. The average Bonchev–Trinajstić information content (AvgIpc) is 2.39. The topological polar surface area (TPSA) is 32.7 Å². The lowest BCUT2D eigenvalue weighted by atomic mass is 10.0. The standard InChI is InChI=1S/C14H20FNO2/c1-16(8-12-3-2-6-18-10-12)14-5-4-11(9-17)7-13(14)15/h4-5,7,12,17H,2-3,6,8-10H2,1H3. The summed E-state index contributed by atoms with van der Waals surface area (Å²) >= 11 is 0. The van der Waals surface area contributed by atoms with Gasteiger partial charge in [0.1, 0.15) is 5.82 Å². The summed E-state index contributed by atoms with van der Waals surface area (Å²) in [5, 5.41) is 8.96. The van der Waals surface area contributed by atoms with E-state index in [1.807, 2.05) is 11.9 Å². The minimum Gasteiger partial charge on any atom is -0.392 e. The van der Waals surface area contributed by atoms with Gasteiger partial charge in [-0.1, -0.05) is 6.07 Å². The Balaban J connectivity index is 2.01. The summed E-state index contributed by atoms with van der Waals surface area (Å²) < 4.78 is 19.3. The lowest BCUT2D eigenvalue weighted by Gasteiger charge is -2.28. The van der Waals surface area contributed by atoms with Gasteiger partial charge in [0.15, 0.2) is 0 Å². The highest BCUT2D eigenvalue weighted by Crippen LogP contribution is 2.22. The minimum absolute atomic E-state index is 0.128. The van der Waals surface area contributed by atoms with Crippen LogP contribution in [0.15, 0.2) is 18.2 Å². The number of aliphatic hydroxyl groups is 1. The zero-order valence-corrected chi connectivity index (χ0v) is 10.7. The number of aliphatic hydroxyl groups excluding tert-OH is 1. The van der Waals surface area contributed by atoms with Gasteiger partial charge in [-0.05, 0) is 36.5 Å². The summed E-state index contributed by atoms with van der Waals surface area (Å²) in [6, 6.07) is 4.88. The second-order valence-corrected chi connectivity index (χ2v) is 4.91. The van der Waals surface area contributed by atoms with E-state index in [4.69, 9.17) is 9.84 Å². The van der Waals surface area contributed by atoms with E-state index in [0.29, 0.717) is 17.2 Å². The lowest BCUT2D eigenvalue weighted by Crippen LogP contribution is -2.31. The first kappa shape index (κ1) is 13.3. The Morgan fingerprint density at radius 2 is 2.33 bits per heavy atom. The van der Waals surface area contributed by atoms with E-state index in [0.717, 1.165) is 32.6 Å². The Morgan fingerprint density at radius 1 is 1.50 bits per heavy atom. The molecule has 0 amide bonds. The second-order valence-electron chi connectivity index (χ2n) is 4.91. The molecule has 100 valence electrons. The van der Waals surface area contributed by atoms with Crippen LogP contribution >= 0.6 is 0 Å². The highest BCUT2D eigenvalue weighted by atomic mass is 19.1. The number of nitrogens with zero attached hydrogens (tertiary/aromatic N) is 1. The van der Waals surface area contributed by atoms with Crippen molar-refractivity contribution in [1.29, 1.82) is 0 Å². The number of rotatable bonds is 4. The van der Waals surface area contributed by atoms with Crippen molar-refractivity contribution in [2.24, 2.45) is 5.92 Å². The quantitative estimate of drug-likeness (QED) is 0.892. The van der Waals surface area contributed by atoms with E-state index >= 15 is 0 Å². The highest BCUT2D eigenvalue weighted by Gasteiger charge is 2.17. The van der Waals surface area contributed by atoms with Crippen LogP contribution in [-0.4, -0.2) is 31.9 Å². The molecule has 1 aliphatic heterocycles. The van der Waals surface area contributed by atoms with Crippen molar-refractivity contribution in [1.82, 2.24) is 0 Å². The van der Waals surface area contributed by atoms with E-state index in [1.54, 1.807) is 12.1 Å². The zero-order valence-electron chi connectivity index (χ0n) is 10.7. The SMILES string of the molecule is CN(CC1CCCOC1)c1ccc(CO)cc1F. The Morgan fingerprint density at radius 3 is 2.94 bits per heavy atom. The molecule has 4 heteroatoms. The first-order valence-corrected chi connectivity index (χ1v) is 6.39. The first-order chi connectivity index (χ1) is 8.70. The fourth-order valence-electron chi connectivity index (χ4n) is 2.40. The van der Waals surface area contributed by atoms with E-state index in [9.17, 15) is 4.39 Å². The molecule has 1 heterocycles. The molecule has 0 radical (unpaired) electrons. The van der Waals surface area contributed by atoms with Gasteiger partial charge < -0.3 is 14.7 Å². The normalized spacial score (nSPS) is 19.8. The Labute approximate surface area is 107 Å². The van der Waals surface area contributed by atoms with Crippen molar-refractivity contribution in [2.75, 3.05) is 31.7 Å². The molecule has 1 aromatic carbocycles. The van der Waals surface area contributed by atoms with Crippen LogP contribution in [0.25, 0.3) is 0 Å². The fourth-order valence-corrected chi connectivity index (χ4v) is 2.40. The van der Waals surface area contributed by atoms with Crippen molar-refractivity contribution in [3.63, 3.8) is 0 Å². The van der Waals surface area contributed by atoms with Crippen molar-refractivity contribution in [3.05, 3.63) is 29.6 Å². The van der Waals surface area contributed by atoms with Gasteiger partial charge in [-0.2, -0.15) is 0 Å². The number of hydrogen-bond donors (Lipinski definition) is 1. The molecular weight excluding hydrogens is 233 g/mol. The van der Waals surface area contributed by atoms with Crippen molar-refractivity contribution in [3.8, 4) is 0 Å². The smallest absolute Gasteiger partial charge is 0.146 e. The lowest BCUT2D eigenvalue weighted by molar-refractivity contribution is 0.0576. The maximum absolute atomic E-state index is 13.9. The largest absolute Gasteiger partial charge is 0.392 e. The maximum atomic E-state index is 13.9. The Bertz CT molecular complexity index is 391. The molecule has 18 heavy (non-hydrogen) atoms. The molecule has 2 rings (SSSR count). The van der Waals surface area contributed by atoms with Gasteiger partial charge in [-0.25, -0.2) is 4.39 Å². The fraction of sp³-hybridized carbons (Fsp3) is 0.571. The molecule has 1 aromatic rings. The molecule has 0 aliphatic carbocycles. The van der Waals surface area contributed by atoms with Crippen molar-refractivity contribution in [2.45, 2.75) is 19.4 Å². The minimum atomic E-state index is -0.277. The van der Waals surface area contributed by atoms with Crippen molar-refractivity contribution < 1.29 is 14.2 Å². The monoisotopic (exact) mass is 253 g/mol. The summed E-state index contributed by atoms with van der Waals surface area (Å²) in [5.41, 5.74) is 1.18. The Hall–Kier alpha value is -1.13. The maximum Gasteiger partial charge on any atom is 0.146 e. The molecule has 1 atom stereocenters. The predicted molar refractivity (Wildman–Crippen MR) is 69.1 cm³/mol. The number of benzene rings is 1. The molecule has 1 fully saturated rings. The third-order valence-electron chi connectivity index (χ3n) is 3.39. The van der Waals surface area contributed by atoms with Crippen LogP contribution in [0.4, 0.5) is 10.1 Å². The number of anilines is 1. The molecule has 1 saturated heterocycles. The van der Waals surface area contributed by atoms with Crippen LogP contribution in [0.2, 0.25) is 0 Å². The number of hydrogen-bond acceptors (Lipinski definition) is 3. The molecule has 0 bridgehead atoms. The predicted octanol–water partition coefficient (Wildman–Crippen LogP) is 2.18. The van der Waals surface area contributed by atoms with Gasteiger partial charge >= 0.3 is 0 Å². The van der Waals surface area contributed by atoms with E-state index < -0.39 is 0 Å². The Kier molecular flexibility index (Phi) is 4.55. The molecule has 0 saturated carbocycles. The van der Waals surface area contributed by atoms with Crippen LogP contribution in [0.3, 0.4) is 0 Å². The molecule has 0 aromatic heterocycles. The average molecular weight is 253 g/mol. The van der Waals surface area contributed by atoms with Gasteiger partial charge in [0.25, 0.3) is 0 Å². The van der Waals surface area contributed by atoms with Gasteiger partial charge in [0.2, 0.25) is 0 Å². The second kappa shape index (κ2) is 6.16. The van der Waals surface area contributed by atoms with Crippen LogP contribution in [-0.2, 0) is 11.3 Å². The molecule has 1 N–H and O–H groups in total. The van der Waals surface area contributed by atoms with E-state index in [1.165, 1.54) is 6.07 Å². The van der Waals surface area contributed by atoms with Gasteiger partial charge in [0.05, 0.1) is 18.9 Å². The summed E-state index contributed by atoms with van der Waals surface area (Å²) in [5.74, 6) is 0.196. The van der Waals surface area contributed by atoms with Crippen LogP contribution in [0.5, 0.6) is 0 Å². The van der Waals surface area contributed by atoms with E-state index in [-0.39, 0.29) is 12.4 Å². The molecular formula is C14H20FNO2. The summed E-state index contributed by atoms with van der Waals surface area (Å²) in [4.78, 5) is 1.93. The van der Waals surface area contributed by atoms with Crippen molar-refractivity contribution >= 4 is 5.69 Å². The number of ether oxygens (including phenoxy) is 1. The summed E-state index contributed by atoms with van der Waals surface area (Å²) in [6.45, 7) is 2.28. The van der Waals surface area contributed by atoms with Gasteiger partial charge in [0, 0.05) is 20.2 Å². The third-order valence-corrected chi connectivity index (χ3v) is 3.39. The van der Waals surface area contributed by atoms with Gasteiger partial charge in [-0.15, -0.1) is 0 Å². The zero-order chi connectivity index (χ0) is 13.0. The number of halogens is 1. The summed E-state index contributed by atoms with van der Waals surface area (Å²) in [6.07, 6.45) is 2.23. The molecule has 3 nitrogen and oxygen atoms in total. The van der Waals surface area contributed by atoms with E-state index in [2.05, 4.69) is 0 Å². The van der Waals surface area contributed by atoms with Crippen LogP contribution in [0.1, 0.15) is 18.4 Å². The molecule has 1 unspecified atom stereocenters. The van der Waals surface area contributed by atoms with Gasteiger partial charge in [-0.3, -0.25) is 0 Å². The molecule has 1 aliphatic rings. The highest BCUT2D eigenvalue weighted by molar-refractivity contribution is 5.48. The third kappa shape index (κ3) is 3.21. The molecule has 0 spiro atoms. The van der Waals surface area contributed by atoms with Crippen LogP contribution in [0, 0.1) is 11.7 Å².